The minimum atomic E-state index is -4.26. The van der Waals surface area contributed by atoms with Crippen LogP contribution in [0.25, 0.3) is 11.0 Å². The van der Waals surface area contributed by atoms with Crippen LogP contribution >= 0.6 is 34.8 Å². The molecule has 0 saturated carbocycles. The number of aromatic nitrogens is 2. The molecule has 3 aromatic rings. The minimum Gasteiger partial charge on any atom is -0.370 e. The standard InChI is InChI=1S/C26H27Cl3F4N4O/c1-25(2,30)24(38)34-12-14-6-7-17(27)16(23(14)29)9-22-35-19-10-18(28)20(11-21(19)36(22)3)37-8-4-5-15(13-37)26(31,32)33/h6-7,10-11,15H,4-5,8-9,12-13H2,1-3H3,(H,34,38). The molecule has 38 heavy (non-hydrogen) atoms. The lowest BCUT2D eigenvalue weighted by molar-refractivity contribution is -0.176. The van der Waals surface area contributed by atoms with E-state index in [1.165, 1.54) is 13.8 Å². The summed E-state index contributed by atoms with van der Waals surface area (Å²) in [4.78, 5) is 18.3. The van der Waals surface area contributed by atoms with E-state index in [1.807, 2.05) is 4.57 Å². The topological polar surface area (TPSA) is 50.2 Å². The number of carbonyl (C=O) groups is 1. The zero-order chi connectivity index (χ0) is 28.0. The van der Waals surface area contributed by atoms with Crippen molar-refractivity contribution >= 4 is 57.4 Å². The molecule has 0 radical (unpaired) electrons. The number of alkyl halides is 4. The Labute approximate surface area is 233 Å². The second kappa shape index (κ2) is 10.7. The van der Waals surface area contributed by atoms with Gasteiger partial charge in [-0.15, -0.1) is 0 Å². The summed E-state index contributed by atoms with van der Waals surface area (Å²) in [7, 11) is 1.80. The smallest absolute Gasteiger partial charge is 0.370 e. The van der Waals surface area contributed by atoms with Crippen molar-refractivity contribution in [3.05, 3.63) is 56.3 Å². The SMILES string of the molecule is Cn1c(Cc2c(Cl)ccc(CNC(=O)C(C)(C)F)c2Cl)nc2cc(Cl)c(N3CCCC(C(F)(F)F)C3)cc21. The second-order valence-electron chi connectivity index (χ2n) is 10.0. The van der Waals surface area contributed by atoms with Crippen LogP contribution in [-0.2, 0) is 24.8 Å². The molecule has 2 aromatic carbocycles. The van der Waals surface area contributed by atoms with Crippen molar-refractivity contribution < 1.29 is 22.4 Å². The summed E-state index contributed by atoms with van der Waals surface area (Å²) in [5, 5.41) is 3.58. The number of nitrogens with one attached hydrogen (secondary N) is 1. The van der Waals surface area contributed by atoms with Crippen LogP contribution in [-0.4, -0.2) is 40.4 Å². The lowest BCUT2D eigenvalue weighted by atomic mass is 9.97. The number of hydrogen-bond acceptors (Lipinski definition) is 3. The molecule has 1 saturated heterocycles. The molecule has 1 amide bonds. The van der Waals surface area contributed by atoms with Gasteiger partial charge in [0.15, 0.2) is 5.67 Å². The van der Waals surface area contributed by atoms with Crippen molar-refractivity contribution in [1.29, 1.82) is 0 Å². The van der Waals surface area contributed by atoms with E-state index in [2.05, 4.69) is 10.3 Å². The molecule has 206 valence electrons. The van der Waals surface area contributed by atoms with Crippen LogP contribution in [0.3, 0.4) is 0 Å². The third-order valence-corrected chi connectivity index (χ3v) is 7.97. The molecule has 1 unspecified atom stereocenters. The highest BCUT2D eigenvalue weighted by atomic mass is 35.5. The van der Waals surface area contributed by atoms with Crippen molar-refractivity contribution in [3.8, 4) is 0 Å². The van der Waals surface area contributed by atoms with Crippen LogP contribution in [0, 0.1) is 5.92 Å². The molecular weight excluding hydrogens is 567 g/mol. The Morgan fingerprint density at radius 3 is 2.50 bits per heavy atom. The molecule has 1 atom stereocenters. The van der Waals surface area contributed by atoms with E-state index in [1.54, 1.807) is 36.2 Å². The average Bonchev–Trinajstić information content (AvgIpc) is 3.13. The quantitative estimate of drug-likeness (QED) is 0.306. The van der Waals surface area contributed by atoms with Crippen LogP contribution in [0.2, 0.25) is 15.1 Å². The predicted octanol–water partition coefficient (Wildman–Crippen LogP) is 7.27. The van der Waals surface area contributed by atoms with E-state index < -0.39 is 23.7 Å². The fourth-order valence-corrected chi connectivity index (χ4v) is 5.45. The number of rotatable bonds is 6. The van der Waals surface area contributed by atoms with Crippen molar-refractivity contribution in [2.45, 2.75) is 51.5 Å². The molecule has 5 nitrogen and oxygen atoms in total. The van der Waals surface area contributed by atoms with Crippen molar-refractivity contribution in [3.63, 3.8) is 0 Å². The molecule has 0 aliphatic carbocycles. The van der Waals surface area contributed by atoms with Gasteiger partial charge in [-0.2, -0.15) is 13.2 Å². The maximum absolute atomic E-state index is 13.9. The average molecular weight is 594 g/mol. The van der Waals surface area contributed by atoms with Gasteiger partial charge >= 0.3 is 6.18 Å². The van der Waals surface area contributed by atoms with Crippen molar-refractivity contribution in [2.24, 2.45) is 13.0 Å². The summed E-state index contributed by atoms with van der Waals surface area (Å²) in [6, 6.07) is 6.73. The van der Waals surface area contributed by atoms with E-state index in [0.29, 0.717) is 61.7 Å². The Morgan fingerprint density at radius 2 is 1.84 bits per heavy atom. The summed E-state index contributed by atoms with van der Waals surface area (Å²) in [5.74, 6) is -1.55. The highest BCUT2D eigenvalue weighted by Crippen LogP contribution is 2.39. The number of piperidine rings is 1. The van der Waals surface area contributed by atoms with Gasteiger partial charge in [0.2, 0.25) is 0 Å². The maximum Gasteiger partial charge on any atom is 0.393 e. The molecule has 0 spiro atoms. The van der Waals surface area contributed by atoms with Gasteiger partial charge in [0.05, 0.1) is 32.7 Å². The number of hydrogen-bond donors (Lipinski definition) is 1. The third-order valence-electron chi connectivity index (χ3n) is 6.85. The van der Waals surface area contributed by atoms with Gasteiger partial charge < -0.3 is 14.8 Å². The normalized spacial score (nSPS) is 16.8. The molecule has 1 aromatic heterocycles. The number of amides is 1. The number of benzene rings is 2. The Balaban J connectivity index is 1.62. The number of halogens is 7. The first-order valence-corrected chi connectivity index (χ1v) is 13.2. The van der Waals surface area contributed by atoms with E-state index in [4.69, 9.17) is 34.8 Å². The number of anilines is 1. The summed E-state index contributed by atoms with van der Waals surface area (Å²) in [5.41, 5.74) is 0.935. The van der Waals surface area contributed by atoms with E-state index in [0.717, 1.165) is 0 Å². The summed E-state index contributed by atoms with van der Waals surface area (Å²) >= 11 is 19.6. The summed E-state index contributed by atoms with van der Waals surface area (Å²) in [6.45, 7) is 2.69. The van der Waals surface area contributed by atoms with Crippen LogP contribution in [0.15, 0.2) is 24.3 Å². The molecule has 2 heterocycles. The number of nitrogens with zero attached hydrogens (tertiary/aromatic N) is 3. The molecular formula is C26H27Cl3F4N4O. The highest BCUT2D eigenvalue weighted by molar-refractivity contribution is 6.36. The fourth-order valence-electron chi connectivity index (χ4n) is 4.60. The van der Waals surface area contributed by atoms with Gasteiger partial charge in [-0.05, 0) is 56.0 Å². The Kier molecular flexibility index (Phi) is 8.13. The summed E-state index contributed by atoms with van der Waals surface area (Å²) in [6.07, 6.45) is -3.49. The van der Waals surface area contributed by atoms with Crippen LogP contribution in [0.4, 0.5) is 23.2 Å². The Hall–Kier alpha value is -2.23. The molecule has 1 N–H and O–H groups in total. The van der Waals surface area contributed by atoms with Gasteiger partial charge in [-0.3, -0.25) is 4.79 Å². The first-order valence-electron chi connectivity index (χ1n) is 12.1. The first-order chi connectivity index (χ1) is 17.7. The third kappa shape index (κ3) is 6.00. The van der Waals surface area contributed by atoms with Crippen LogP contribution in [0.1, 0.15) is 43.6 Å². The number of carbonyl (C=O) groups excluding carboxylic acids is 1. The largest absolute Gasteiger partial charge is 0.393 e. The molecule has 1 aliphatic heterocycles. The molecule has 1 fully saturated rings. The minimum absolute atomic E-state index is 0.0193. The molecule has 0 bridgehead atoms. The zero-order valence-corrected chi connectivity index (χ0v) is 23.3. The lowest BCUT2D eigenvalue weighted by Gasteiger charge is -2.35. The zero-order valence-electron chi connectivity index (χ0n) is 21.0. The Morgan fingerprint density at radius 1 is 1.13 bits per heavy atom. The van der Waals surface area contributed by atoms with Crippen LogP contribution < -0.4 is 10.2 Å². The second-order valence-corrected chi connectivity index (χ2v) is 11.2. The molecule has 1 aliphatic rings. The van der Waals surface area contributed by atoms with Crippen molar-refractivity contribution in [1.82, 2.24) is 14.9 Å². The maximum atomic E-state index is 13.9. The Bertz CT molecular complexity index is 1370. The number of aryl methyl sites for hydroxylation is 1. The fraction of sp³-hybridized carbons (Fsp3) is 0.462. The lowest BCUT2D eigenvalue weighted by Crippen LogP contribution is -2.41. The predicted molar refractivity (Wildman–Crippen MR) is 143 cm³/mol. The van der Waals surface area contributed by atoms with Gasteiger partial charge in [-0.25, -0.2) is 9.37 Å². The number of fused-ring (bicyclic) bond motifs is 1. The number of imidazole rings is 1. The molecule has 4 rings (SSSR count). The molecule has 12 heteroatoms. The van der Waals surface area contributed by atoms with Gasteiger partial charge in [-0.1, -0.05) is 40.9 Å². The van der Waals surface area contributed by atoms with E-state index in [9.17, 15) is 22.4 Å². The van der Waals surface area contributed by atoms with Gasteiger partial charge in [0.1, 0.15) is 5.82 Å². The van der Waals surface area contributed by atoms with Crippen molar-refractivity contribution in [2.75, 3.05) is 18.0 Å². The van der Waals surface area contributed by atoms with Gasteiger partial charge in [0, 0.05) is 38.1 Å². The van der Waals surface area contributed by atoms with Gasteiger partial charge in [0.25, 0.3) is 5.91 Å². The highest BCUT2D eigenvalue weighted by Gasteiger charge is 2.42. The van der Waals surface area contributed by atoms with Crippen LogP contribution in [0.5, 0.6) is 0 Å². The first kappa shape index (κ1) is 28.8. The summed E-state index contributed by atoms with van der Waals surface area (Å²) < 4.78 is 55.8. The van der Waals surface area contributed by atoms with E-state index in [-0.39, 0.29) is 25.9 Å². The van der Waals surface area contributed by atoms with E-state index >= 15 is 0 Å². The monoisotopic (exact) mass is 592 g/mol.